The molecule has 1 aromatic rings. The monoisotopic (exact) mass is 244 g/mol. The predicted octanol–water partition coefficient (Wildman–Crippen LogP) is 4.07. The maximum absolute atomic E-state index is 11.6. The smallest absolute Gasteiger partial charge is 0.318 e. The first-order chi connectivity index (χ1) is 8.66. The van der Waals surface area contributed by atoms with E-state index >= 15 is 0 Å². The third-order valence-corrected chi connectivity index (χ3v) is 4.47. The second-order valence-corrected chi connectivity index (χ2v) is 5.72. The average Bonchev–Trinajstić information content (AvgIpc) is 2.66. The topological polar surface area (TPSA) is 26.3 Å². The molecule has 1 aromatic carbocycles. The second kappa shape index (κ2) is 4.42. The first-order valence-corrected chi connectivity index (χ1v) is 7.03. The molecule has 1 aliphatic carbocycles. The minimum atomic E-state index is -0.106. The Labute approximate surface area is 108 Å². The van der Waals surface area contributed by atoms with E-state index in [4.69, 9.17) is 4.74 Å². The molecule has 0 aromatic heterocycles. The Morgan fingerprint density at radius 1 is 1.11 bits per heavy atom. The highest BCUT2D eigenvalue weighted by Crippen LogP contribution is 2.41. The van der Waals surface area contributed by atoms with Crippen LogP contribution in [-0.4, -0.2) is 5.97 Å². The van der Waals surface area contributed by atoms with Crippen LogP contribution in [-0.2, 0) is 4.79 Å². The van der Waals surface area contributed by atoms with Crippen LogP contribution in [0.2, 0.25) is 0 Å². The van der Waals surface area contributed by atoms with Crippen molar-refractivity contribution in [2.75, 3.05) is 0 Å². The summed E-state index contributed by atoms with van der Waals surface area (Å²) in [5.74, 6) is 1.27. The van der Waals surface area contributed by atoms with Crippen molar-refractivity contribution in [1.29, 1.82) is 0 Å². The van der Waals surface area contributed by atoms with Crippen molar-refractivity contribution in [3.63, 3.8) is 0 Å². The van der Waals surface area contributed by atoms with E-state index in [1.165, 1.54) is 43.2 Å². The average molecular weight is 244 g/mol. The van der Waals surface area contributed by atoms with E-state index in [2.05, 4.69) is 19.1 Å². The minimum Gasteiger partial charge on any atom is -0.426 e. The van der Waals surface area contributed by atoms with Crippen LogP contribution in [0.3, 0.4) is 0 Å². The molecule has 0 saturated heterocycles. The summed E-state index contributed by atoms with van der Waals surface area (Å²) in [6.07, 6.45) is 6.59. The van der Waals surface area contributed by atoms with Gasteiger partial charge in [-0.1, -0.05) is 25.3 Å². The lowest BCUT2D eigenvalue weighted by Crippen LogP contribution is -2.06. The molecule has 1 aliphatic heterocycles. The van der Waals surface area contributed by atoms with Crippen LogP contribution in [0.4, 0.5) is 0 Å². The maximum Gasteiger partial charge on any atom is 0.318 e. The molecule has 2 aliphatic rings. The highest BCUT2D eigenvalue weighted by molar-refractivity contribution is 5.85. The van der Waals surface area contributed by atoms with Crippen LogP contribution < -0.4 is 4.74 Å². The molecule has 3 rings (SSSR count). The zero-order valence-electron chi connectivity index (χ0n) is 11.2. The van der Waals surface area contributed by atoms with E-state index in [1.54, 1.807) is 0 Å². The molecular formula is C16H20O2. The minimum absolute atomic E-state index is 0.0981. The Morgan fingerprint density at radius 2 is 1.83 bits per heavy atom. The number of ether oxygens (including phenoxy) is 1. The number of hydrogen-bond acceptors (Lipinski definition) is 2. The molecule has 0 N–H and O–H groups in total. The van der Waals surface area contributed by atoms with Crippen molar-refractivity contribution in [2.45, 2.75) is 57.8 Å². The van der Waals surface area contributed by atoms with Crippen molar-refractivity contribution < 1.29 is 9.53 Å². The van der Waals surface area contributed by atoms with E-state index in [1.807, 2.05) is 6.92 Å². The zero-order valence-corrected chi connectivity index (χ0v) is 11.2. The van der Waals surface area contributed by atoms with E-state index in [0.29, 0.717) is 5.92 Å². The van der Waals surface area contributed by atoms with Gasteiger partial charge in [0.15, 0.2) is 0 Å². The number of carbonyl (C=O) groups is 1. The summed E-state index contributed by atoms with van der Waals surface area (Å²) in [6, 6.07) is 4.29. The fourth-order valence-electron chi connectivity index (χ4n) is 3.33. The maximum atomic E-state index is 11.6. The SMILES string of the molecule is Cc1cc2c(cc1C1CCCCC1)OC(=O)[C@@H]2C. The van der Waals surface area contributed by atoms with Gasteiger partial charge in [0.2, 0.25) is 0 Å². The second-order valence-electron chi connectivity index (χ2n) is 5.72. The van der Waals surface area contributed by atoms with Crippen molar-refractivity contribution >= 4 is 5.97 Å². The summed E-state index contributed by atoms with van der Waals surface area (Å²) in [4.78, 5) is 11.6. The molecule has 2 heteroatoms. The molecule has 1 fully saturated rings. The van der Waals surface area contributed by atoms with Crippen LogP contribution in [0.5, 0.6) is 5.75 Å². The fraction of sp³-hybridized carbons (Fsp3) is 0.562. The van der Waals surface area contributed by atoms with E-state index in [-0.39, 0.29) is 11.9 Å². The van der Waals surface area contributed by atoms with Crippen molar-refractivity contribution in [3.8, 4) is 5.75 Å². The van der Waals surface area contributed by atoms with E-state index in [0.717, 1.165) is 11.3 Å². The van der Waals surface area contributed by atoms with Crippen molar-refractivity contribution in [1.82, 2.24) is 0 Å². The summed E-state index contributed by atoms with van der Waals surface area (Å²) in [6.45, 7) is 4.09. The Balaban J connectivity index is 1.97. The Bertz CT molecular complexity index is 484. The Hall–Kier alpha value is -1.31. The molecule has 1 atom stereocenters. The summed E-state index contributed by atoms with van der Waals surface area (Å²) >= 11 is 0. The zero-order chi connectivity index (χ0) is 12.7. The molecule has 0 radical (unpaired) electrons. The van der Waals surface area contributed by atoms with Gasteiger partial charge in [-0.3, -0.25) is 4.79 Å². The first-order valence-electron chi connectivity index (χ1n) is 7.03. The van der Waals surface area contributed by atoms with Crippen LogP contribution in [0.1, 0.15) is 67.6 Å². The lowest BCUT2D eigenvalue weighted by atomic mass is 9.81. The van der Waals surface area contributed by atoms with Crippen LogP contribution in [0.25, 0.3) is 0 Å². The van der Waals surface area contributed by atoms with Crippen LogP contribution in [0, 0.1) is 6.92 Å². The molecule has 0 spiro atoms. The molecule has 18 heavy (non-hydrogen) atoms. The van der Waals surface area contributed by atoms with Gasteiger partial charge in [0.25, 0.3) is 0 Å². The standard InChI is InChI=1S/C16H20O2/c1-10-8-14-11(2)16(17)18-15(14)9-13(10)12-6-4-3-5-7-12/h8-9,11-12H,3-7H2,1-2H3/t11-/m1/s1. The van der Waals surface area contributed by atoms with Gasteiger partial charge in [0.1, 0.15) is 5.75 Å². The van der Waals surface area contributed by atoms with Gasteiger partial charge in [-0.15, -0.1) is 0 Å². The van der Waals surface area contributed by atoms with Crippen LogP contribution >= 0.6 is 0 Å². The number of fused-ring (bicyclic) bond motifs is 1. The number of hydrogen-bond donors (Lipinski definition) is 0. The van der Waals surface area contributed by atoms with Gasteiger partial charge in [-0.2, -0.15) is 0 Å². The normalized spacial score (nSPS) is 23.9. The Kier molecular flexibility index (Phi) is 2.89. The van der Waals surface area contributed by atoms with E-state index in [9.17, 15) is 4.79 Å². The molecule has 0 unspecified atom stereocenters. The van der Waals surface area contributed by atoms with Gasteiger partial charge in [-0.25, -0.2) is 0 Å². The summed E-state index contributed by atoms with van der Waals surface area (Å²) < 4.78 is 5.37. The molecule has 2 nitrogen and oxygen atoms in total. The van der Waals surface area contributed by atoms with E-state index < -0.39 is 0 Å². The molecule has 96 valence electrons. The molecule has 1 saturated carbocycles. The lowest BCUT2D eigenvalue weighted by Gasteiger charge is -2.24. The number of esters is 1. The Morgan fingerprint density at radius 3 is 2.56 bits per heavy atom. The number of carbonyl (C=O) groups excluding carboxylic acids is 1. The summed E-state index contributed by atoms with van der Waals surface area (Å²) in [5, 5.41) is 0. The quantitative estimate of drug-likeness (QED) is 0.550. The molecule has 0 bridgehead atoms. The largest absolute Gasteiger partial charge is 0.426 e. The highest BCUT2D eigenvalue weighted by Gasteiger charge is 2.31. The number of benzene rings is 1. The number of aryl methyl sites for hydroxylation is 1. The summed E-state index contributed by atoms with van der Waals surface area (Å²) in [7, 11) is 0. The van der Waals surface area contributed by atoms with Gasteiger partial charge in [0, 0.05) is 5.56 Å². The predicted molar refractivity (Wildman–Crippen MR) is 71.1 cm³/mol. The molecule has 1 heterocycles. The molecule has 0 amide bonds. The van der Waals surface area contributed by atoms with Crippen LogP contribution in [0.15, 0.2) is 12.1 Å². The third kappa shape index (κ3) is 1.84. The highest BCUT2D eigenvalue weighted by atomic mass is 16.5. The van der Waals surface area contributed by atoms with Gasteiger partial charge >= 0.3 is 5.97 Å². The third-order valence-electron chi connectivity index (χ3n) is 4.47. The number of rotatable bonds is 1. The van der Waals surface area contributed by atoms with Gasteiger partial charge in [-0.05, 0) is 49.8 Å². The lowest BCUT2D eigenvalue weighted by molar-refractivity contribution is -0.133. The van der Waals surface area contributed by atoms with Crippen molar-refractivity contribution in [3.05, 3.63) is 28.8 Å². The fourth-order valence-corrected chi connectivity index (χ4v) is 3.33. The first kappa shape index (κ1) is 11.8. The molecular weight excluding hydrogens is 224 g/mol. The van der Waals surface area contributed by atoms with Gasteiger partial charge in [0.05, 0.1) is 5.92 Å². The van der Waals surface area contributed by atoms with Gasteiger partial charge < -0.3 is 4.74 Å². The summed E-state index contributed by atoms with van der Waals surface area (Å²) in [5.41, 5.74) is 3.79. The van der Waals surface area contributed by atoms with Crippen molar-refractivity contribution in [2.24, 2.45) is 0 Å².